The molecule has 0 aliphatic carbocycles. The van der Waals surface area contributed by atoms with Crippen LogP contribution >= 0.6 is 11.6 Å². The van der Waals surface area contributed by atoms with Crippen molar-refractivity contribution in [1.82, 2.24) is 14.8 Å². The van der Waals surface area contributed by atoms with Gasteiger partial charge in [-0.15, -0.1) is 0 Å². The van der Waals surface area contributed by atoms with Crippen LogP contribution in [0.2, 0.25) is 5.02 Å². The molecular formula is C24H26ClN3O2. The van der Waals surface area contributed by atoms with E-state index < -0.39 is 0 Å². The van der Waals surface area contributed by atoms with Gasteiger partial charge in [0.1, 0.15) is 0 Å². The molecule has 4 rings (SSSR count). The Morgan fingerprint density at radius 3 is 2.57 bits per heavy atom. The number of benzene rings is 2. The van der Waals surface area contributed by atoms with Crippen molar-refractivity contribution in [3.05, 3.63) is 71.4 Å². The summed E-state index contributed by atoms with van der Waals surface area (Å²) in [6, 6.07) is 17.3. The smallest absolute Gasteiger partial charge is 0.251 e. The van der Waals surface area contributed by atoms with Gasteiger partial charge in [0.2, 0.25) is 5.91 Å². The first-order chi connectivity index (χ1) is 14.6. The molecule has 1 aliphatic rings. The van der Waals surface area contributed by atoms with Crippen LogP contribution in [0.25, 0.3) is 10.9 Å². The minimum Gasteiger partial charge on any atom is -0.349 e. The third-order valence-electron chi connectivity index (χ3n) is 5.74. The molecule has 1 fully saturated rings. The number of aryl methyl sites for hydroxylation is 1. The van der Waals surface area contributed by atoms with Gasteiger partial charge >= 0.3 is 0 Å². The van der Waals surface area contributed by atoms with Gasteiger partial charge in [0, 0.05) is 59.8 Å². The maximum atomic E-state index is 12.6. The summed E-state index contributed by atoms with van der Waals surface area (Å²) < 4.78 is 2.17. The highest BCUT2D eigenvalue weighted by atomic mass is 35.5. The number of hydrogen-bond acceptors (Lipinski definition) is 2. The fraction of sp³-hybridized carbons (Fsp3) is 0.333. The molecule has 156 valence electrons. The van der Waals surface area contributed by atoms with E-state index >= 15 is 0 Å². The zero-order chi connectivity index (χ0) is 20.9. The number of halogens is 1. The molecule has 0 radical (unpaired) electrons. The Bertz CT molecular complexity index is 1020. The van der Waals surface area contributed by atoms with Crippen molar-refractivity contribution in [3.8, 4) is 0 Å². The average molecular weight is 424 g/mol. The van der Waals surface area contributed by atoms with Crippen LogP contribution in [-0.2, 0) is 11.3 Å². The zero-order valence-electron chi connectivity index (χ0n) is 16.9. The number of piperidine rings is 1. The first-order valence-electron chi connectivity index (χ1n) is 10.5. The predicted octanol–water partition coefficient (Wildman–Crippen LogP) is 4.50. The standard InChI is InChI=1S/C24H26ClN3O2/c25-20-8-9-22-19(17-20)10-14-27(22)13-4-7-23(29)28-15-11-21(12-16-28)26-24(30)18-5-2-1-3-6-18/h1-3,5-6,8-10,14,17,21H,4,7,11-13,15-16H2,(H,26,30). The van der Waals surface area contributed by atoms with Crippen LogP contribution in [0.15, 0.2) is 60.8 Å². The van der Waals surface area contributed by atoms with Crippen molar-refractivity contribution >= 4 is 34.3 Å². The second kappa shape index (κ2) is 9.35. The molecule has 2 aromatic carbocycles. The molecule has 30 heavy (non-hydrogen) atoms. The maximum Gasteiger partial charge on any atom is 0.251 e. The fourth-order valence-corrected chi connectivity index (χ4v) is 4.24. The number of rotatable bonds is 6. The van der Waals surface area contributed by atoms with Crippen molar-refractivity contribution in [3.63, 3.8) is 0 Å². The molecule has 0 atom stereocenters. The van der Waals surface area contributed by atoms with E-state index in [4.69, 9.17) is 11.6 Å². The summed E-state index contributed by atoms with van der Waals surface area (Å²) in [5.74, 6) is 0.156. The number of fused-ring (bicyclic) bond motifs is 1. The van der Waals surface area contributed by atoms with E-state index in [9.17, 15) is 9.59 Å². The normalized spacial score (nSPS) is 14.8. The number of aromatic nitrogens is 1. The molecule has 6 heteroatoms. The van der Waals surface area contributed by atoms with Crippen molar-refractivity contribution in [2.24, 2.45) is 0 Å². The SMILES string of the molecule is O=C(NC1CCN(C(=O)CCCn2ccc3cc(Cl)ccc32)CC1)c1ccccc1. The fourth-order valence-electron chi connectivity index (χ4n) is 4.06. The lowest BCUT2D eigenvalue weighted by molar-refractivity contribution is -0.132. The molecule has 0 spiro atoms. The molecule has 1 N–H and O–H groups in total. The van der Waals surface area contributed by atoms with E-state index in [0.717, 1.165) is 41.7 Å². The average Bonchev–Trinajstić information content (AvgIpc) is 3.16. The number of nitrogens with zero attached hydrogens (tertiary/aromatic N) is 2. The lowest BCUT2D eigenvalue weighted by Gasteiger charge is -2.32. The van der Waals surface area contributed by atoms with Gasteiger partial charge in [-0.25, -0.2) is 0 Å². The predicted molar refractivity (Wildman–Crippen MR) is 120 cm³/mol. The van der Waals surface area contributed by atoms with Crippen molar-refractivity contribution in [2.45, 2.75) is 38.3 Å². The Hall–Kier alpha value is -2.79. The van der Waals surface area contributed by atoms with Crippen molar-refractivity contribution < 1.29 is 9.59 Å². The summed E-state index contributed by atoms with van der Waals surface area (Å²) in [4.78, 5) is 26.8. The molecular weight excluding hydrogens is 398 g/mol. The highest BCUT2D eigenvalue weighted by Crippen LogP contribution is 2.21. The monoisotopic (exact) mass is 423 g/mol. The van der Waals surface area contributed by atoms with Gasteiger partial charge in [-0.3, -0.25) is 9.59 Å². The first kappa shape index (κ1) is 20.5. The number of amides is 2. The summed E-state index contributed by atoms with van der Waals surface area (Å²) in [7, 11) is 0. The number of carbonyl (C=O) groups excluding carboxylic acids is 2. The van der Waals surface area contributed by atoms with Gasteiger partial charge in [0.05, 0.1) is 0 Å². The van der Waals surface area contributed by atoms with E-state index in [2.05, 4.69) is 16.0 Å². The van der Waals surface area contributed by atoms with Gasteiger partial charge in [-0.1, -0.05) is 29.8 Å². The molecule has 0 unspecified atom stereocenters. The molecule has 1 aliphatic heterocycles. The van der Waals surface area contributed by atoms with Crippen LogP contribution < -0.4 is 5.32 Å². The zero-order valence-corrected chi connectivity index (χ0v) is 17.6. The van der Waals surface area contributed by atoms with E-state index in [0.29, 0.717) is 25.1 Å². The third-order valence-corrected chi connectivity index (χ3v) is 5.98. The summed E-state index contributed by atoms with van der Waals surface area (Å²) in [6.07, 6.45) is 4.98. The Morgan fingerprint density at radius 1 is 1.03 bits per heavy atom. The molecule has 2 amide bonds. The lowest BCUT2D eigenvalue weighted by atomic mass is 10.0. The first-order valence-corrected chi connectivity index (χ1v) is 10.9. The summed E-state index contributed by atoms with van der Waals surface area (Å²) in [5, 5.41) is 4.94. The quantitative estimate of drug-likeness (QED) is 0.634. The second-order valence-corrected chi connectivity index (χ2v) is 8.25. The largest absolute Gasteiger partial charge is 0.349 e. The van der Waals surface area contributed by atoms with Crippen LogP contribution in [0, 0.1) is 0 Å². The van der Waals surface area contributed by atoms with Gasteiger partial charge in [0.25, 0.3) is 5.91 Å². The minimum atomic E-state index is -0.0411. The Kier molecular flexibility index (Phi) is 6.38. The lowest BCUT2D eigenvalue weighted by Crippen LogP contribution is -2.46. The maximum absolute atomic E-state index is 12.6. The van der Waals surface area contributed by atoms with Crippen LogP contribution in [0.4, 0.5) is 0 Å². The van der Waals surface area contributed by atoms with Crippen LogP contribution in [0.1, 0.15) is 36.0 Å². The molecule has 1 aromatic heterocycles. The second-order valence-electron chi connectivity index (χ2n) is 7.81. The Morgan fingerprint density at radius 2 is 1.80 bits per heavy atom. The molecule has 3 aromatic rings. The van der Waals surface area contributed by atoms with Crippen molar-refractivity contribution in [2.75, 3.05) is 13.1 Å². The number of nitrogens with one attached hydrogen (secondary N) is 1. The Labute approximate surface area is 181 Å². The molecule has 5 nitrogen and oxygen atoms in total. The van der Waals surface area contributed by atoms with Crippen LogP contribution in [0.5, 0.6) is 0 Å². The van der Waals surface area contributed by atoms with Crippen LogP contribution in [0.3, 0.4) is 0 Å². The number of hydrogen-bond donors (Lipinski definition) is 1. The van der Waals surface area contributed by atoms with E-state index in [1.54, 1.807) is 0 Å². The topological polar surface area (TPSA) is 54.3 Å². The Balaban J connectivity index is 1.21. The van der Waals surface area contributed by atoms with E-state index in [1.807, 2.05) is 59.6 Å². The minimum absolute atomic E-state index is 0.0411. The third kappa shape index (κ3) is 4.85. The highest BCUT2D eigenvalue weighted by Gasteiger charge is 2.23. The molecule has 1 saturated heterocycles. The van der Waals surface area contributed by atoms with Gasteiger partial charge in [-0.05, 0) is 55.7 Å². The summed E-state index contributed by atoms with van der Waals surface area (Å²) in [5.41, 5.74) is 1.82. The summed E-state index contributed by atoms with van der Waals surface area (Å²) >= 11 is 6.05. The number of likely N-dealkylation sites (tertiary alicyclic amines) is 1. The highest BCUT2D eigenvalue weighted by molar-refractivity contribution is 6.31. The number of carbonyl (C=O) groups is 2. The molecule has 0 saturated carbocycles. The van der Waals surface area contributed by atoms with Gasteiger partial charge < -0.3 is 14.8 Å². The van der Waals surface area contributed by atoms with E-state index in [-0.39, 0.29) is 17.9 Å². The van der Waals surface area contributed by atoms with Gasteiger partial charge in [-0.2, -0.15) is 0 Å². The molecule has 0 bridgehead atoms. The molecule has 2 heterocycles. The van der Waals surface area contributed by atoms with Crippen molar-refractivity contribution in [1.29, 1.82) is 0 Å². The van der Waals surface area contributed by atoms with Gasteiger partial charge in [0.15, 0.2) is 0 Å². The van der Waals surface area contributed by atoms with Crippen LogP contribution in [-0.4, -0.2) is 40.4 Å². The van der Waals surface area contributed by atoms with E-state index in [1.165, 1.54) is 0 Å². The summed E-state index contributed by atoms with van der Waals surface area (Å²) in [6.45, 7) is 2.20.